The molecule has 1 heteroatoms. The van der Waals surface area contributed by atoms with E-state index < -0.39 is 0 Å². The Balaban J connectivity index is 1.20. The summed E-state index contributed by atoms with van der Waals surface area (Å²) in [6.07, 6.45) is 0. The number of hydrogen-bond donors (Lipinski definition) is 0. The van der Waals surface area contributed by atoms with Crippen molar-refractivity contribution in [2.75, 3.05) is 0 Å². The summed E-state index contributed by atoms with van der Waals surface area (Å²) < 4.78 is 2.41. The molecule has 49 heavy (non-hydrogen) atoms. The maximum Gasteiger partial charge on any atom is 0.0541 e. The molecule has 1 nitrogen and oxygen atoms in total. The number of fused-ring (bicyclic) bond motifs is 6. The molecule has 1 aromatic heterocycles. The summed E-state index contributed by atoms with van der Waals surface area (Å²) in [6.45, 7) is 0. The third-order valence-electron chi connectivity index (χ3n) is 10.2. The van der Waals surface area contributed by atoms with Gasteiger partial charge in [-0.25, -0.2) is 0 Å². The number of nitrogens with zero attached hydrogens (tertiary/aromatic N) is 1. The molecule has 0 fully saturated rings. The smallest absolute Gasteiger partial charge is 0.0541 e. The average Bonchev–Trinajstić information content (AvgIpc) is 3.51. The summed E-state index contributed by atoms with van der Waals surface area (Å²) in [6, 6.07) is 68.7. The Morgan fingerprint density at radius 1 is 0.265 bits per heavy atom. The van der Waals surface area contributed by atoms with E-state index in [9.17, 15) is 0 Å². The normalized spacial score (nSPS) is 11.7. The fourth-order valence-corrected chi connectivity index (χ4v) is 7.94. The lowest BCUT2D eigenvalue weighted by Crippen LogP contribution is -1.94. The van der Waals surface area contributed by atoms with Crippen LogP contribution in [-0.4, -0.2) is 4.57 Å². The van der Waals surface area contributed by atoms with Gasteiger partial charge in [-0.15, -0.1) is 0 Å². The van der Waals surface area contributed by atoms with Gasteiger partial charge in [-0.05, 0) is 102 Å². The van der Waals surface area contributed by atoms with Crippen LogP contribution in [0.15, 0.2) is 188 Å². The van der Waals surface area contributed by atoms with Crippen LogP contribution in [0.4, 0.5) is 0 Å². The van der Waals surface area contributed by atoms with Crippen LogP contribution >= 0.6 is 0 Å². The summed E-state index contributed by atoms with van der Waals surface area (Å²) in [5.41, 5.74) is 11.1. The predicted molar refractivity (Wildman–Crippen MR) is 210 cm³/mol. The Bertz CT molecular complexity index is 2800. The van der Waals surface area contributed by atoms with Crippen LogP contribution in [0.5, 0.6) is 0 Å². The highest BCUT2D eigenvalue weighted by molar-refractivity contribution is 6.22. The zero-order valence-corrected chi connectivity index (χ0v) is 26.8. The third-order valence-corrected chi connectivity index (χ3v) is 10.2. The summed E-state index contributed by atoms with van der Waals surface area (Å²) in [5.74, 6) is 0. The number of aromatic nitrogens is 1. The fraction of sp³-hybridized carbons (Fsp3) is 0. The fourth-order valence-electron chi connectivity index (χ4n) is 7.94. The van der Waals surface area contributed by atoms with Crippen LogP contribution in [0.25, 0.3) is 93.2 Å². The molecule has 0 aliphatic rings. The van der Waals surface area contributed by atoms with Gasteiger partial charge in [0.25, 0.3) is 0 Å². The molecule has 0 saturated heterocycles. The highest BCUT2D eigenvalue weighted by Gasteiger charge is 2.19. The molecule has 0 spiro atoms. The Morgan fingerprint density at radius 2 is 0.735 bits per heavy atom. The lowest BCUT2D eigenvalue weighted by molar-refractivity contribution is 1.18. The van der Waals surface area contributed by atoms with E-state index in [2.05, 4.69) is 193 Å². The van der Waals surface area contributed by atoms with Crippen molar-refractivity contribution in [3.05, 3.63) is 188 Å². The van der Waals surface area contributed by atoms with E-state index in [1.165, 1.54) is 87.5 Å². The Morgan fingerprint density at radius 3 is 1.41 bits per heavy atom. The number of benzene rings is 9. The van der Waals surface area contributed by atoms with Gasteiger partial charge in [0, 0.05) is 16.5 Å². The van der Waals surface area contributed by atoms with Crippen LogP contribution in [-0.2, 0) is 0 Å². The van der Waals surface area contributed by atoms with Crippen molar-refractivity contribution in [1.82, 2.24) is 4.57 Å². The van der Waals surface area contributed by atoms with Crippen LogP contribution in [0.1, 0.15) is 0 Å². The molecule has 0 N–H and O–H groups in total. The van der Waals surface area contributed by atoms with Crippen LogP contribution in [0.2, 0.25) is 0 Å². The molecule has 0 radical (unpaired) electrons. The first-order valence-electron chi connectivity index (χ1n) is 16.9. The van der Waals surface area contributed by atoms with E-state index in [0.717, 1.165) is 5.69 Å². The molecule has 0 aliphatic heterocycles. The topological polar surface area (TPSA) is 4.93 Å². The largest absolute Gasteiger partial charge is 0.309 e. The van der Waals surface area contributed by atoms with Crippen molar-refractivity contribution < 1.29 is 0 Å². The van der Waals surface area contributed by atoms with Gasteiger partial charge >= 0.3 is 0 Å². The molecular weight excluding hydrogens is 591 g/mol. The summed E-state index contributed by atoms with van der Waals surface area (Å²) in [5, 5.41) is 10.1. The van der Waals surface area contributed by atoms with Gasteiger partial charge in [-0.2, -0.15) is 0 Å². The molecule has 9 aromatic carbocycles. The monoisotopic (exact) mass is 621 g/mol. The minimum absolute atomic E-state index is 1.16. The van der Waals surface area contributed by atoms with E-state index in [1.54, 1.807) is 0 Å². The maximum absolute atomic E-state index is 2.41. The third kappa shape index (κ3) is 4.40. The zero-order valence-electron chi connectivity index (χ0n) is 26.8. The van der Waals surface area contributed by atoms with Crippen LogP contribution < -0.4 is 0 Å². The van der Waals surface area contributed by atoms with E-state index in [-0.39, 0.29) is 0 Å². The van der Waals surface area contributed by atoms with Gasteiger partial charge in [0.1, 0.15) is 0 Å². The van der Waals surface area contributed by atoms with Gasteiger partial charge in [0.15, 0.2) is 0 Å². The second-order valence-corrected chi connectivity index (χ2v) is 12.9. The standard InChI is InChI=1S/C48H31N/c1-2-12-32(13-3-1)34-24-27-38(28-25-34)49-45-21-11-10-16-39(45)44-31-37(26-29-46(44)49)48-42-19-8-6-17-40(42)47(41-18-7-9-20-43(41)48)36-23-22-33-14-4-5-15-35(33)30-36/h1-31H. The second kappa shape index (κ2) is 11.1. The lowest BCUT2D eigenvalue weighted by Gasteiger charge is -2.18. The molecule has 1 heterocycles. The summed E-state index contributed by atoms with van der Waals surface area (Å²) >= 11 is 0. The number of rotatable bonds is 4. The van der Waals surface area contributed by atoms with Crippen LogP contribution in [0.3, 0.4) is 0 Å². The average molecular weight is 622 g/mol. The molecule has 10 aromatic rings. The van der Waals surface area contributed by atoms with Crippen molar-refractivity contribution in [3.63, 3.8) is 0 Å². The lowest BCUT2D eigenvalue weighted by atomic mass is 9.85. The Labute approximate surface area is 284 Å². The Kier molecular flexibility index (Phi) is 6.25. The minimum Gasteiger partial charge on any atom is -0.309 e. The van der Waals surface area contributed by atoms with Gasteiger partial charge in [0.2, 0.25) is 0 Å². The highest BCUT2D eigenvalue weighted by atomic mass is 15.0. The molecule has 228 valence electrons. The first-order chi connectivity index (χ1) is 24.3. The first kappa shape index (κ1) is 27.7. The van der Waals surface area contributed by atoms with Crippen molar-refractivity contribution >= 4 is 54.1 Å². The van der Waals surface area contributed by atoms with Crippen molar-refractivity contribution in [1.29, 1.82) is 0 Å². The SMILES string of the molecule is c1ccc(-c2ccc(-n3c4ccccc4c4cc(-c5c6ccccc6c(-c6ccc7ccccc7c6)c6ccccc56)ccc43)cc2)cc1. The van der Waals surface area contributed by atoms with Gasteiger partial charge in [-0.1, -0.05) is 152 Å². The van der Waals surface area contributed by atoms with Gasteiger partial charge < -0.3 is 4.57 Å². The zero-order chi connectivity index (χ0) is 32.3. The van der Waals surface area contributed by atoms with Crippen molar-refractivity contribution in [3.8, 4) is 39.1 Å². The quantitative estimate of drug-likeness (QED) is 0.172. The van der Waals surface area contributed by atoms with E-state index >= 15 is 0 Å². The Hall–Kier alpha value is -6.44. The first-order valence-corrected chi connectivity index (χ1v) is 16.9. The van der Waals surface area contributed by atoms with Gasteiger partial charge in [-0.3, -0.25) is 0 Å². The number of hydrogen-bond acceptors (Lipinski definition) is 0. The van der Waals surface area contributed by atoms with E-state index in [0.29, 0.717) is 0 Å². The molecule has 0 amide bonds. The van der Waals surface area contributed by atoms with Crippen LogP contribution in [0, 0.1) is 0 Å². The van der Waals surface area contributed by atoms with Crippen molar-refractivity contribution in [2.45, 2.75) is 0 Å². The van der Waals surface area contributed by atoms with Gasteiger partial charge in [0.05, 0.1) is 11.0 Å². The molecular formula is C48H31N. The van der Waals surface area contributed by atoms with E-state index in [4.69, 9.17) is 0 Å². The molecule has 0 atom stereocenters. The second-order valence-electron chi connectivity index (χ2n) is 12.9. The highest BCUT2D eigenvalue weighted by Crippen LogP contribution is 2.45. The summed E-state index contributed by atoms with van der Waals surface area (Å²) in [7, 11) is 0. The summed E-state index contributed by atoms with van der Waals surface area (Å²) in [4.78, 5) is 0. The molecule has 0 saturated carbocycles. The molecule has 0 bridgehead atoms. The predicted octanol–water partition coefficient (Wildman–Crippen LogP) is 13.2. The number of para-hydroxylation sites is 1. The maximum atomic E-state index is 2.41. The molecule has 0 aliphatic carbocycles. The van der Waals surface area contributed by atoms with Crippen molar-refractivity contribution in [2.24, 2.45) is 0 Å². The molecule has 10 rings (SSSR count). The minimum atomic E-state index is 1.16. The molecule has 0 unspecified atom stereocenters. The van der Waals surface area contributed by atoms with E-state index in [1.807, 2.05) is 0 Å².